The van der Waals surface area contributed by atoms with Gasteiger partial charge in [-0.15, -0.1) is 0 Å². The van der Waals surface area contributed by atoms with Crippen LogP contribution in [-0.2, 0) is 9.59 Å². The molecule has 0 N–H and O–H groups in total. The van der Waals surface area contributed by atoms with Gasteiger partial charge in [0.15, 0.2) is 5.78 Å². The van der Waals surface area contributed by atoms with Gasteiger partial charge in [0.1, 0.15) is 6.04 Å². The minimum atomic E-state index is -0.689. The van der Waals surface area contributed by atoms with Gasteiger partial charge in [0.05, 0.1) is 17.9 Å². The molecule has 3 heterocycles. The van der Waals surface area contributed by atoms with E-state index in [1.165, 1.54) is 4.90 Å². The van der Waals surface area contributed by atoms with E-state index in [1.807, 2.05) is 61.2 Å². The van der Waals surface area contributed by atoms with Gasteiger partial charge in [-0.1, -0.05) is 68.0 Å². The Morgan fingerprint density at radius 2 is 1.61 bits per heavy atom. The minimum absolute atomic E-state index is 0.0978. The van der Waals surface area contributed by atoms with E-state index in [2.05, 4.69) is 6.08 Å². The number of hydrogen-bond acceptors (Lipinski definition) is 4. The van der Waals surface area contributed by atoms with Crippen molar-refractivity contribution in [2.24, 2.45) is 11.8 Å². The van der Waals surface area contributed by atoms with Crippen molar-refractivity contribution in [2.45, 2.75) is 38.8 Å². The number of ketones is 1. The van der Waals surface area contributed by atoms with Gasteiger partial charge in [0, 0.05) is 23.4 Å². The van der Waals surface area contributed by atoms with Crippen LogP contribution in [-0.4, -0.2) is 41.1 Å². The molecule has 2 amide bonds. The van der Waals surface area contributed by atoms with Crippen LogP contribution in [0, 0.1) is 11.8 Å². The molecule has 0 aromatic heterocycles. The third-order valence-corrected chi connectivity index (χ3v) is 6.91. The summed E-state index contributed by atoms with van der Waals surface area (Å²) in [6, 6.07) is 16.1. The number of carbonyl (C=O) groups excluding carboxylic acids is 3. The van der Waals surface area contributed by atoms with E-state index in [0.29, 0.717) is 12.1 Å². The second kappa shape index (κ2) is 7.49. The lowest BCUT2D eigenvalue weighted by Crippen LogP contribution is -2.49. The van der Waals surface area contributed by atoms with Gasteiger partial charge in [-0.2, -0.15) is 0 Å². The van der Waals surface area contributed by atoms with Crippen LogP contribution in [0.1, 0.15) is 42.6 Å². The van der Waals surface area contributed by atoms with Gasteiger partial charge in [-0.05, 0) is 25.0 Å². The van der Waals surface area contributed by atoms with Crippen molar-refractivity contribution >= 4 is 28.9 Å². The number of imide groups is 1. The summed E-state index contributed by atoms with van der Waals surface area (Å²) in [6.07, 6.45) is 3.76. The molecule has 2 fully saturated rings. The summed E-state index contributed by atoms with van der Waals surface area (Å²) in [5.74, 6) is -1.61. The number of anilines is 1. The van der Waals surface area contributed by atoms with E-state index in [-0.39, 0.29) is 23.6 Å². The molecule has 5 nitrogen and oxygen atoms in total. The minimum Gasteiger partial charge on any atom is -0.352 e. The summed E-state index contributed by atoms with van der Waals surface area (Å²) < 4.78 is 0. The topological polar surface area (TPSA) is 57.7 Å². The predicted octanol–water partition coefficient (Wildman–Crippen LogP) is 3.94. The summed E-state index contributed by atoms with van der Waals surface area (Å²) in [5.41, 5.74) is 3.63. The predicted molar refractivity (Wildman–Crippen MR) is 120 cm³/mol. The third kappa shape index (κ3) is 2.87. The van der Waals surface area contributed by atoms with E-state index in [0.717, 1.165) is 29.7 Å². The van der Waals surface area contributed by atoms with Gasteiger partial charge >= 0.3 is 0 Å². The molecule has 0 unspecified atom stereocenters. The maximum atomic E-state index is 13.8. The molecular weight excluding hydrogens is 388 g/mol. The fourth-order valence-electron chi connectivity index (χ4n) is 5.47. The monoisotopic (exact) mass is 414 g/mol. The lowest BCUT2D eigenvalue weighted by molar-refractivity contribution is -0.140. The van der Waals surface area contributed by atoms with E-state index in [1.54, 1.807) is 12.1 Å². The molecule has 5 rings (SSSR count). The van der Waals surface area contributed by atoms with E-state index in [4.69, 9.17) is 0 Å². The Morgan fingerprint density at radius 1 is 0.935 bits per heavy atom. The largest absolute Gasteiger partial charge is 0.352 e. The molecule has 31 heavy (non-hydrogen) atoms. The molecule has 3 aliphatic heterocycles. The Labute approximate surface area is 182 Å². The normalized spacial score (nSPS) is 26.5. The number of fused-ring (bicyclic) bond motifs is 5. The molecule has 2 saturated heterocycles. The molecule has 4 atom stereocenters. The van der Waals surface area contributed by atoms with Crippen molar-refractivity contribution in [3.63, 3.8) is 0 Å². The van der Waals surface area contributed by atoms with Gasteiger partial charge in [-0.3, -0.25) is 19.3 Å². The average molecular weight is 415 g/mol. The van der Waals surface area contributed by atoms with Crippen molar-refractivity contribution in [1.29, 1.82) is 0 Å². The Hall–Kier alpha value is -3.21. The first kappa shape index (κ1) is 19.7. The highest BCUT2D eigenvalue weighted by Gasteiger charge is 2.64. The third-order valence-electron chi connectivity index (χ3n) is 6.91. The number of carbonyl (C=O) groups is 3. The summed E-state index contributed by atoms with van der Waals surface area (Å²) in [5, 5.41) is 0. The van der Waals surface area contributed by atoms with Crippen LogP contribution in [0.2, 0.25) is 0 Å². The molecule has 0 aliphatic carbocycles. The molecule has 5 heteroatoms. The average Bonchev–Trinajstić information content (AvgIpc) is 3.25. The zero-order valence-corrected chi connectivity index (χ0v) is 17.8. The number of allylic oxidation sites excluding steroid dienone is 1. The van der Waals surface area contributed by atoms with Crippen molar-refractivity contribution in [3.05, 3.63) is 71.8 Å². The fourth-order valence-corrected chi connectivity index (χ4v) is 5.47. The van der Waals surface area contributed by atoms with Crippen LogP contribution in [0.4, 0.5) is 5.69 Å². The van der Waals surface area contributed by atoms with Gasteiger partial charge in [-0.25, -0.2) is 0 Å². The number of Topliss-reactive ketones (excluding diaryl/α,β-unsaturated/α-hetero) is 1. The standard InChI is InChI=1S/C26H26N2O3/c1-3-4-14-27-25(30)21-20-15-16(2)18-12-8-9-13-19(18)28(20)23(22(21)26(27)31)24(29)17-10-6-5-7-11-17/h5-13,15,20-23H,3-4,14H2,1-2H3/t20-,21-,22+,23-/m0/s1. The Balaban J connectivity index is 1.65. The summed E-state index contributed by atoms with van der Waals surface area (Å²) in [7, 11) is 0. The Kier molecular flexibility index (Phi) is 4.77. The summed E-state index contributed by atoms with van der Waals surface area (Å²) >= 11 is 0. The van der Waals surface area contributed by atoms with E-state index < -0.39 is 17.9 Å². The first-order chi connectivity index (χ1) is 15.0. The number of likely N-dealkylation sites (tertiary alicyclic amines) is 1. The molecule has 3 aliphatic rings. The highest BCUT2D eigenvalue weighted by atomic mass is 16.2. The Bertz CT molecular complexity index is 1090. The second-order valence-corrected chi connectivity index (χ2v) is 8.67. The quantitative estimate of drug-likeness (QED) is 0.549. The molecule has 2 aromatic carbocycles. The van der Waals surface area contributed by atoms with Crippen LogP contribution in [0.3, 0.4) is 0 Å². The van der Waals surface area contributed by atoms with Crippen LogP contribution in [0.5, 0.6) is 0 Å². The second-order valence-electron chi connectivity index (χ2n) is 8.67. The molecule has 0 saturated carbocycles. The highest BCUT2D eigenvalue weighted by Crippen LogP contribution is 2.50. The molecule has 0 radical (unpaired) electrons. The lowest BCUT2D eigenvalue weighted by atomic mass is 9.85. The zero-order valence-electron chi connectivity index (χ0n) is 17.8. The summed E-state index contributed by atoms with van der Waals surface area (Å²) in [4.78, 5) is 44.1. The number of rotatable bonds is 5. The SMILES string of the molecule is CCCCN1C(=O)[C@@H]2[C@@H](C1=O)[C@@H]1C=C(C)c3ccccc3N1[C@@H]2C(=O)c1ccccc1. The van der Waals surface area contributed by atoms with Crippen LogP contribution >= 0.6 is 0 Å². The van der Waals surface area contributed by atoms with Gasteiger partial charge in [0.2, 0.25) is 11.8 Å². The molecular formula is C26H26N2O3. The first-order valence-corrected chi connectivity index (χ1v) is 11.0. The van der Waals surface area contributed by atoms with Crippen molar-refractivity contribution in [3.8, 4) is 0 Å². The van der Waals surface area contributed by atoms with Crippen LogP contribution in [0.25, 0.3) is 5.57 Å². The van der Waals surface area contributed by atoms with Crippen molar-refractivity contribution in [2.75, 3.05) is 11.4 Å². The lowest BCUT2D eigenvalue weighted by Gasteiger charge is -2.38. The van der Waals surface area contributed by atoms with E-state index in [9.17, 15) is 14.4 Å². The first-order valence-electron chi connectivity index (χ1n) is 11.0. The van der Waals surface area contributed by atoms with Crippen LogP contribution < -0.4 is 4.90 Å². The van der Waals surface area contributed by atoms with Crippen LogP contribution in [0.15, 0.2) is 60.7 Å². The smallest absolute Gasteiger partial charge is 0.235 e. The molecule has 158 valence electrons. The maximum absolute atomic E-state index is 13.8. The Morgan fingerprint density at radius 3 is 2.35 bits per heavy atom. The molecule has 2 aromatic rings. The van der Waals surface area contributed by atoms with Gasteiger partial charge < -0.3 is 4.90 Å². The highest BCUT2D eigenvalue weighted by molar-refractivity contribution is 6.14. The number of amides is 2. The molecule has 0 bridgehead atoms. The summed E-state index contributed by atoms with van der Waals surface area (Å²) in [6.45, 7) is 4.51. The van der Waals surface area contributed by atoms with E-state index >= 15 is 0 Å². The number of unbranched alkanes of at least 4 members (excludes halogenated alkanes) is 1. The van der Waals surface area contributed by atoms with Crippen molar-refractivity contribution < 1.29 is 14.4 Å². The zero-order chi connectivity index (χ0) is 21.7. The number of para-hydroxylation sites is 1. The molecule has 0 spiro atoms. The van der Waals surface area contributed by atoms with Gasteiger partial charge in [0.25, 0.3) is 0 Å². The number of benzene rings is 2. The number of hydrogen-bond donors (Lipinski definition) is 0. The maximum Gasteiger partial charge on any atom is 0.235 e. The van der Waals surface area contributed by atoms with Crippen molar-refractivity contribution in [1.82, 2.24) is 4.90 Å². The fraction of sp³-hybridized carbons (Fsp3) is 0.346. The number of nitrogens with zero attached hydrogens (tertiary/aromatic N) is 2.